The van der Waals surface area contributed by atoms with Crippen molar-refractivity contribution in [2.45, 2.75) is 65.7 Å². The molecule has 0 aliphatic heterocycles. The van der Waals surface area contributed by atoms with Crippen LogP contribution in [0, 0.1) is 0 Å². The summed E-state index contributed by atoms with van der Waals surface area (Å²) in [6.45, 7) is 16.0. The minimum atomic E-state index is 0.220. The molecule has 0 radical (unpaired) electrons. The van der Waals surface area contributed by atoms with Crippen LogP contribution < -0.4 is 4.57 Å². The molecule has 0 aliphatic rings. The number of nitrogens with zero attached hydrogens (tertiary/aromatic N) is 1. The average molecular weight is 234 g/mol. The van der Waals surface area contributed by atoms with Crippen molar-refractivity contribution in [1.29, 1.82) is 0 Å². The Morgan fingerprint density at radius 2 is 1.53 bits per heavy atom. The van der Waals surface area contributed by atoms with Crippen molar-refractivity contribution in [2.75, 3.05) is 0 Å². The van der Waals surface area contributed by atoms with Crippen LogP contribution in [0.3, 0.4) is 0 Å². The van der Waals surface area contributed by atoms with Crippen LogP contribution in [0.25, 0.3) is 0 Å². The molecule has 0 aromatic carbocycles. The summed E-state index contributed by atoms with van der Waals surface area (Å²) in [6.07, 6.45) is 2.32. The lowest BCUT2D eigenvalue weighted by Gasteiger charge is -2.24. The van der Waals surface area contributed by atoms with Crippen molar-refractivity contribution in [3.05, 3.63) is 29.1 Å². The van der Waals surface area contributed by atoms with Crippen LogP contribution in [0.15, 0.2) is 12.3 Å². The standard InChI is InChI=1S/C16H28N/c1-11(2)13-10-17(8)15(12(3)4)9-14(13)16(5,6)7/h9-12H,1-8H3/q+1. The predicted molar refractivity (Wildman–Crippen MR) is 74.5 cm³/mol. The molecule has 0 fully saturated rings. The fourth-order valence-corrected chi connectivity index (χ4v) is 2.37. The predicted octanol–water partition coefficient (Wildman–Crippen LogP) is 4.06. The second kappa shape index (κ2) is 4.80. The lowest BCUT2D eigenvalue weighted by Crippen LogP contribution is -2.36. The Hall–Kier alpha value is -0.850. The third kappa shape index (κ3) is 3.08. The van der Waals surface area contributed by atoms with Gasteiger partial charge in [0.05, 0.1) is 0 Å². The Balaban J connectivity index is 3.48. The van der Waals surface area contributed by atoms with Gasteiger partial charge in [0.15, 0.2) is 11.9 Å². The van der Waals surface area contributed by atoms with Crippen LogP contribution in [0.5, 0.6) is 0 Å². The smallest absolute Gasteiger partial charge is 0.183 e. The van der Waals surface area contributed by atoms with E-state index in [-0.39, 0.29) is 5.41 Å². The highest BCUT2D eigenvalue weighted by molar-refractivity contribution is 5.33. The van der Waals surface area contributed by atoms with Gasteiger partial charge in [-0.15, -0.1) is 0 Å². The summed E-state index contributed by atoms with van der Waals surface area (Å²) >= 11 is 0. The van der Waals surface area contributed by atoms with Crippen LogP contribution in [0.1, 0.15) is 77.1 Å². The zero-order chi connectivity index (χ0) is 13.4. The molecule has 1 heteroatoms. The Morgan fingerprint density at radius 3 is 1.88 bits per heavy atom. The van der Waals surface area contributed by atoms with E-state index in [0.29, 0.717) is 11.8 Å². The summed E-state index contributed by atoms with van der Waals surface area (Å²) in [5.74, 6) is 1.15. The molecule has 1 aromatic heterocycles. The van der Waals surface area contributed by atoms with Crippen molar-refractivity contribution < 1.29 is 4.57 Å². The van der Waals surface area contributed by atoms with Crippen LogP contribution in [-0.4, -0.2) is 0 Å². The Morgan fingerprint density at radius 1 is 1.00 bits per heavy atom. The molecule has 1 rings (SSSR count). The maximum absolute atomic E-state index is 2.40. The van der Waals surface area contributed by atoms with Crippen molar-refractivity contribution in [2.24, 2.45) is 7.05 Å². The molecular formula is C16H28N+. The molecule has 0 bridgehead atoms. The molecule has 0 unspecified atom stereocenters. The quantitative estimate of drug-likeness (QED) is 0.680. The average Bonchev–Trinajstić information content (AvgIpc) is 2.14. The largest absolute Gasteiger partial charge is 0.205 e. The van der Waals surface area contributed by atoms with Gasteiger partial charge in [0.25, 0.3) is 0 Å². The Bertz CT molecular complexity index is 395. The number of pyridine rings is 1. The highest BCUT2D eigenvalue weighted by atomic mass is 14.9. The topological polar surface area (TPSA) is 3.88 Å². The van der Waals surface area contributed by atoms with Gasteiger partial charge in [-0.25, -0.2) is 4.57 Å². The summed E-state index contributed by atoms with van der Waals surface area (Å²) in [5, 5.41) is 0. The summed E-state index contributed by atoms with van der Waals surface area (Å²) in [6, 6.07) is 2.40. The van der Waals surface area contributed by atoms with Crippen LogP contribution in [-0.2, 0) is 12.5 Å². The molecule has 0 N–H and O–H groups in total. The van der Waals surface area contributed by atoms with Gasteiger partial charge in [0, 0.05) is 17.5 Å². The zero-order valence-electron chi connectivity index (χ0n) is 12.8. The van der Waals surface area contributed by atoms with Crippen molar-refractivity contribution in [3.8, 4) is 0 Å². The molecule has 0 aliphatic carbocycles. The minimum absolute atomic E-state index is 0.220. The van der Waals surface area contributed by atoms with E-state index in [1.54, 1.807) is 0 Å². The number of hydrogen-bond donors (Lipinski definition) is 0. The van der Waals surface area contributed by atoms with E-state index >= 15 is 0 Å². The third-order valence-corrected chi connectivity index (χ3v) is 3.36. The van der Waals surface area contributed by atoms with Gasteiger partial charge >= 0.3 is 0 Å². The number of aryl methyl sites for hydroxylation is 1. The molecule has 0 saturated heterocycles. The fraction of sp³-hybridized carbons (Fsp3) is 0.688. The first-order valence-corrected chi connectivity index (χ1v) is 6.68. The van der Waals surface area contributed by atoms with Gasteiger partial charge in [-0.1, -0.05) is 48.5 Å². The lowest BCUT2D eigenvalue weighted by molar-refractivity contribution is -0.680. The Kier molecular flexibility index (Phi) is 4.01. The van der Waals surface area contributed by atoms with Gasteiger partial charge in [-0.05, 0) is 16.9 Å². The highest BCUT2D eigenvalue weighted by Gasteiger charge is 2.25. The summed E-state index contributed by atoms with van der Waals surface area (Å²) in [5.41, 5.74) is 4.61. The van der Waals surface area contributed by atoms with Gasteiger partial charge in [0.1, 0.15) is 7.05 Å². The summed E-state index contributed by atoms with van der Waals surface area (Å²) in [4.78, 5) is 0. The van der Waals surface area contributed by atoms with Crippen molar-refractivity contribution in [3.63, 3.8) is 0 Å². The minimum Gasteiger partial charge on any atom is -0.205 e. The zero-order valence-corrected chi connectivity index (χ0v) is 12.8. The first kappa shape index (κ1) is 14.2. The van der Waals surface area contributed by atoms with Crippen molar-refractivity contribution >= 4 is 0 Å². The SMILES string of the molecule is CC(C)c1c[n+](C)c(C(C)C)cc1C(C)(C)C. The molecule has 0 spiro atoms. The lowest BCUT2D eigenvalue weighted by atomic mass is 9.80. The van der Waals surface area contributed by atoms with Crippen LogP contribution in [0.4, 0.5) is 0 Å². The molecule has 0 atom stereocenters. The van der Waals surface area contributed by atoms with E-state index in [2.05, 4.69) is 72.3 Å². The third-order valence-electron chi connectivity index (χ3n) is 3.36. The van der Waals surface area contributed by atoms with Crippen molar-refractivity contribution in [1.82, 2.24) is 0 Å². The van der Waals surface area contributed by atoms with Gasteiger partial charge in [-0.3, -0.25) is 0 Å². The molecule has 1 nitrogen and oxygen atoms in total. The first-order valence-electron chi connectivity index (χ1n) is 6.68. The molecule has 96 valence electrons. The van der Waals surface area contributed by atoms with E-state index < -0.39 is 0 Å². The van der Waals surface area contributed by atoms with Gasteiger partial charge in [-0.2, -0.15) is 0 Å². The monoisotopic (exact) mass is 234 g/mol. The molecule has 0 amide bonds. The van der Waals surface area contributed by atoms with Crippen LogP contribution >= 0.6 is 0 Å². The van der Waals surface area contributed by atoms with E-state index in [1.165, 1.54) is 16.8 Å². The maximum atomic E-state index is 2.40. The molecule has 17 heavy (non-hydrogen) atoms. The summed E-state index contributed by atoms with van der Waals surface area (Å²) < 4.78 is 2.29. The van der Waals surface area contributed by atoms with Crippen LogP contribution in [0.2, 0.25) is 0 Å². The van der Waals surface area contributed by atoms with E-state index in [4.69, 9.17) is 0 Å². The normalized spacial score (nSPS) is 12.6. The molecular weight excluding hydrogens is 206 g/mol. The summed E-state index contributed by atoms with van der Waals surface area (Å²) in [7, 11) is 2.16. The first-order chi connectivity index (χ1) is 7.64. The van der Waals surface area contributed by atoms with E-state index in [0.717, 1.165) is 0 Å². The van der Waals surface area contributed by atoms with E-state index in [9.17, 15) is 0 Å². The second-order valence-electron chi connectivity index (χ2n) is 6.74. The molecule has 1 heterocycles. The number of hydrogen-bond acceptors (Lipinski definition) is 0. The van der Waals surface area contributed by atoms with Gasteiger partial charge in [0.2, 0.25) is 0 Å². The number of rotatable bonds is 2. The molecule has 0 saturated carbocycles. The second-order valence-corrected chi connectivity index (χ2v) is 6.74. The fourth-order valence-electron chi connectivity index (χ4n) is 2.37. The maximum Gasteiger partial charge on any atom is 0.183 e. The van der Waals surface area contributed by atoms with E-state index in [1.807, 2.05) is 0 Å². The molecule has 1 aromatic rings. The Labute approximate surface area is 107 Å². The number of aromatic nitrogens is 1. The highest BCUT2D eigenvalue weighted by Crippen LogP contribution is 2.31. The van der Waals surface area contributed by atoms with Gasteiger partial charge < -0.3 is 0 Å².